The lowest BCUT2D eigenvalue weighted by atomic mass is 10.3. The van der Waals surface area contributed by atoms with Gasteiger partial charge in [0.05, 0.1) is 11.2 Å². The maximum absolute atomic E-state index is 12.2. The number of sulfonamides is 2. The summed E-state index contributed by atoms with van der Waals surface area (Å²) in [6.07, 6.45) is -3.91. The first-order chi connectivity index (χ1) is 11.8. The predicted molar refractivity (Wildman–Crippen MR) is 88.8 cm³/mol. The molecule has 0 saturated heterocycles. The van der Waals surface area contributed by atoms with Crippen LogP contribution in [0.25, 0.3) is 0 Å². The van der Waals surface area contributed by atoms with Crippen LogP contribution in [0.2, 0.25) is 0 Å². The van der Waals surface area contributed by atoms with E-state index in [9.17, 15) is 30.0 Å². The van der Waals surface area contributed by atoms with Gasteiger partial charge in [-0.25, -0.2) is 16.8 Å². The predicted octanol–water partition coefficient (Wildman–Crippen LogP) is 2.76. The molecule has 12 heteroatoms. The number of benzene rings is 2. The highest BCUT2D eigenvalue weighted by Gasteiger charge is 2.31. The minimum Gasteiger partial charge on any atom is -0.406 e. The lowest BCUT2D eigenvalue weighted by Crippen LogP contribution is -2.17. The van der Waals surface area contributed by atoms with E-state index in [1.54, 1.807) is 0 Å². The van der Waals surface area contributed by atoms with E-state index in [-0.39, 0.29) is 16.3 Å². The second-order valence-electron chi connectivity index (χ2n) is 5.08. The fourth-order valence-corrected chi connectivity index (χ4v) is 3.48. The van der Waals surface area contributed by atoms with E-state index in [2.05, 4.69) is 14.2 Å². The number of ether oxygens (including phenoxy) is 1. The summed E-state index contributed by atoms with van der Waals surface area (Å²) in [7, 11) is -7.51. The monoisotopic (exact) mass is 410 g/mol. The fourth-order valence-electron chi connectivity index (χ4n) is 1.85. The van der Waals surface area contributed by atoms with Crippen molar-refractivity contribution in [3.63, 3.8) is 0 Å². The van der Waals surface area contributed by atoms with E-state index in [0.717, 1.165) is 30.5 Å². The van der Waals surface area contributed by atoms with Gasteiger partial charge >= 0.3 is 6.36 Å². The van der Waals surface area contributed by atoms with Crippen molar-refractivity contribution in [2.45, 2.75) is 11.3 Å². The molecule has 0 fully saturated rings. The van der Waals surface area contributed by atoms with Crippen LogP contribution in [-0.2, 0) is 20.0 Å². The lowest BCUT2D eigenvalue weighted by Gasteiger charge is -2.11. The molecular formula is C14H13F3N2O5S2. The number of anilines is 2. The molecule has 0 aliphatic heterocycles. The standard InChI is InChI=1S/C14H13F3N2O5S2/c1-25(20,21)18-10-2-4-11(5-3-10)19-26(22,23)13-8-6-12(7-9-13)24-14(15,16)17/h2-9,18-19H,1H3. The summed E-state index contributed by atoms with van der Waals surface area (Å²) < 4.78 is 91.1. The summed E-state index contributed by atoms with van der Waals surface area (Å²) in [4.78, 5) is -0.273. The van der Waals surface area contributed by atoms with Crippen LogP contribution in [0.3, 0.4) is 0 Å². The molecule has 0 bridgehead atoms. The van der Waals surface area contributed by atoms with Crippen molar-refractivity contribution in [2.75, 3.05) is 15.7 Å². The van der Waals surface area contributed by atoms with E-state index in [1.807, 2.05) is 0 Å². The Labute approximate surface area is 147 Å². The van der Waals surface area contributed by atoms with Crippen LogP contribution in [0.15, 0.2) is 53.4 Å². The van der Waals surface area contributed by atoms with Gasteiger partial charge in [-0.15, -0.1) is 13.2 Å². The molecule has 0 unspecified atom stereocenters. The Morgan fingerprint density at radius 3 is 1.69 bits per heavy atom. The number of nitrogens with one attached hydrogen (secondary N) is 2. The fraction of sp³-hybridized carbons (Fsp3) is 0.143. The molecule has 0 aromatic heterocycles. The SMILES string of the molecule is CS(=O)(=O)Nc1ccc(NS(=O)(=O)c2ccc(OC(F)(F)F)cc2)cc1. The second-order valence-corrected chi connectivity index (χ2v) is 8.51. The molecule has 0 radical (unpaired) electrons. The van der Waals surface area contributed by atoms with Gasteiger partial charge in [0.25, 0.3) is 10.0 Å². The van der Waals surface area contributed by atoms with Crippen molar-refractivity contribution in [2.24, 2.45) is 0 Å². The lowest BCUT2D eigenvalue weighted by molar-refractivity contribution is -0.274. The summed E-state index contributed by atoms with van der Waals surface area (Å²) in [5.74, 6) is -0.548. The molecule has 0 amide bonds. The Hall–Kier alpha value is -2.47. The topological polar surface area (TPSA) is 102 Å². The summed E-state index contributed by atoms with van der Waals surface area (Å²) in [5.41, 5.74) is 0.378. The molecular weight excluding hydrogens is 397 g/mol. The summed E-state index contributed by atoms with van der Waals surface area (Å²) in [6.45, 7) is 0. The van der Waals surface area contributed by atoms with E-state index in [4.69, 9.17) is 0 Å². The summed E-state index contributed by atoms with van der Waals surface area (Å²) >= 11 is 0. The Morgan fingerprint density at radius 1 is 0.808 bits per heavy atom. The van der Waals surface area contributed by atoms with Crippen LogP contribution in [0, 0.1) is 0 Å². The molecule has 0 atom stereocenters. The first-order valence-electron chi connectivity index (χ1n) is 6.81. The molecule has 2 aromatic carbocycles. The van der Waals surface area contributed by atoms with Crippen molar-refractivity contribution in [3.05, 3.63) is 48.5 Å². The normalized spacial score (nSPS) is 12.5. The number of hydrogen-bond acceptors (Lipinski definition) is 5. The zero-order valence-electron chi connectivity index (χ0n) is 13.1. The Balaban J connectivity index is 2.13. The van der Waals surface area contributed by atoms with Gasteiger partial charge in [-0.1, -0.05) is 0 Å². The van der Waals surface area contributed by atoms with E-state index < -0.39 is 32.2 Å². The maximum Gasteiger partial charge on any atom is 0.573 e. The van der Waals surface area contributed by atoms with Crippen LogP contribution < -0.4 is 14.2 Å². The molecule has 0 spiro atoms. The Bertz CT molecular complexity index is 971. The molecule has 142 valence electrons. The molecule has 0 aliphatic rings. The van der Waals surface area contributed by atoms with Gasteiger partial charge in [0.1, 0.15) is 5.75 Å². The Kier molecular flexibility index (Phi) is 5.37. The third-order valence-electron chi connectivity index (χ3n) is 2.81. The highest BCUT2D eigenvalue weighted by Crippen LogP contribution is 2.25. The van der Waals surface area contributed by atoms with Crippen LogP contribution in [-0.4, -0.2) is 29.5 Å². The van der Waals surface area contributed by atoms with Crippen molar-refractivity contribution in [1.82, 2.24) is 0 Å². The molecule has 26 heavy (non-hydrogen) atoms. The first-order valence-corrected chi connectivity index (χ1v) is 10.2. The zero-order valence-corrected chi connectivity index (χ0v) is 14.7. The molecule has 0 aliphatic carbocycles. The molecule has 0 saturated carbocycles. The highest BCUT2D eigenvalue weighted by molar-refractivity contribution is 7.92. The first kappa shape index (κ1) is 19.8. The minimum absolute atomic E-state index is 0.139. The summed E-state index contributed by atoms with van der Waals surface area (Å²) in [6, 6.07) is 9.02. The van der Waals surface area contributed by atoms with Gasteiger partial charge in [0.15, 0.2) is 0 Å². The van der Waals surface area contributed by atoms with Crippen molar-refractivity contribution in [3.8, 4) is 5.75 Å². The minimum atomic E-state index is -4.87. The Morgan fingerprint density at radius 2 is 1.27 bits per heavy atom. The molecule has 0 heterocycles. The van der Waals surface area contributed by atoms with E-state index in [0.29, 0.717) is 0 Å². The third-order valence-corrected chi connectivity index (χ3v) is 4.81. The van der Waals surface area contributed by atoms with Gasteiger partial charge in [0, 0.05) is 11.4 Å². The molecule has 2 N–H and O–H groups in total. The smallest absolute Gasteiger partial charge is 0.406 e. The van der Waals surface area contributed by atoms with Crippen LogP contribution in [0.1, 0.15) is 0 Å². The second kappa shape index (κ2) is 7.03. The van der Waals surface area contributed by atoms with Crippen molar-refractivity contribution >= 4 is 31.4 Å². The summed E-state index contributed by atoms with van der Waals surface area (Å²) in [5, 5.41) is 0. The number of rotatable bonds is 6. The van der Waals surface area contributed by atoms with Gasteiger partial charge in [0.2, 0.25) is 10.0 Å². The van der Waals surface area contributed by atoms with Gasteiger partial charge in [-0.05, 0) is 48.5 Å². The van der Waals surface area contributed by atoms with Crippen LogP contribution >= 0.6 is 0 Å². The highest BCUT2D eigenvalue weighted by atomic mass is 32.2. The zero-order chi connectivity index (χ0) is 19.6. The molecule has 7 nitrogen and oxygen atoms in total. The molecule has 2 rings (SSSR count). The van der Waals surface area contributed by atoms with Gasteiger partial charge in [-0.3, -0.25) is 9.44 Å². The van der Waals surface area contributed by atoms with Crippen molar-refractivity contribution in [1.29, 1.82) is 0 Å². The number of alkyl halides is 3. The average molecular weight is 410 g/mol. The van der Waals surface area contributed by atoms with Gasteiger partial charge < -0.3 is 4.74 Å². The molecule has 2 aromatic rings. The van der Waals surface area contributed by atoms with E-state index >= 15 is 0 Å². The van der Waals surface area contributed by atoms with Crippen molar-refractivity contribution < 1.29 is 34.7 Å². The quantitative estimate of drug-likeness (QED) is 0.763. The van der Waals surface area contributed by atoms with Crippen LogP contribution in [0.5, 0.6) is 5.75 Å². The van der Waals surface area contributed by atoms with E-state index in [1.165, 1.54) is 24.3 Å². The third kappa shape index (κ3) is 6.11. The van der Waals surface area contributed by atoms with Crippen LogP contribution in [0.4, 0.5) is 24.5 Å². The van der Waals surface area contributed by atoms with Gasteiger partial charge in [-0.2, -0.15) is 0 Å². The largest absolute Gasteiger partial charge is 0.573 e. The average Bonchev–Trinajstić information content (AvgIpc) is 2.46. The number of halogens is 3. The number of hydrogen-bond donors (Lipinski definition) is 2. The maximum atomic E-state index is 12.2.